The van der Waals surface area contributed by atoms with Crippen molar-refractivity contribution in [1.82, 2.24) is 19.1 Å². The van der Waals surface area contributed by atoms with Gasteiger partial charge in [-0.25, -0.2) is 9.78 Å². The molecule has 0 spiro atoms. The highest BCUT2D eigenvalue weighted by Crippen LogP contribution is 2.11. The monoisotopic (exact) mass is 284 g/mol. The van der Waals surface area contributed by atoms with E-state index in [0.29, 0.717) is 17.6 Å². The first-order chi connectivity index (χ1) is 10.1. The van der Waals surface area contributed by atoms with E-state index in [-0.39, 0.29) is 0 Å². The minimum atomic E-state index is -0.444. The molecule has 3 rings (SSSR count). The fourth-order valence-electron chi connectivity index (χ4n) is 2.48. The van der Waals surface area contributed by atoms with Crippen molar-refractivity contribution in [3.8, 4) is 0 Å². The van der Waals surface area contributed by atoms with Crippen LogP contribution in [0.2, 0.25) is 0 Å². The lowest BCUT2D eigenvalue weighted by atomic mass is 10.1. The molecule has 6 heteroatoms. The fourth-order valence-corrected chi connectivity index (χ4v) is 2.48. The lowest BCUT2D eigenvalue weighted by Crippen LogP contribution is -2.29. The zero-order chi connectivity index (χ0) is 15.0. The molecule has 3 aromatic rings. The highest BCUT2D eigenvalue weighted by Gasteiger charge is 2.14. The number of nitrogens with zero attached hydrogens (tertiary/aromatic N) is 3. The fraction of sp³-hybridized carbons (Fsp3) is 0.267. The molecule has 108 valence electrons. The van der Waals surface area contributed by atoms with Crippen LogP contribution in [-0.2, 0) is 26.9 Å². The first-order valence-electron chi connectivity index (χ1n) is 6.76. The second kappa shape index (κ2) is 5.05. The van der Waals surface area contributed by atoms with Crippen molar-refractivity contribution >= 4 is 11.2 Å². The number of rotatable bonds is 3. The summed E-state index contributed by atoms with van der Waals surface area (Å²) in [5.74, 6) is 0.792. The average Bonchev–Trinajstić information content (AvgIpc) is 2.81. The molecule has 6 nitrogen and oxygen atoms in total. The second-order valence-electron chi connectivity index (χ2n) is 5.06. The Hall–Kier alpha value is -2.63. The average molecular weight is 284 g/mol. The Morgan fingerprint density at radius 3 is 2.48 bits per heavy atom. The Morgan fingerprint density at radius 1 is 1.05 bits per heavy atom. The maximum Gasteiger partial charge on any atom is 0.329 e. The number of fused-ring (bicyclic) bond motifs is 1. The SMILES string of the molecule is Cn1c(CCc2ccccc2)nc2c1c(=O)[nH]c(=O)n2C. The van der Waals surface area contributed by atoms with Crippen LogP contribution in [-0.4, -0.2) is 19.1 Å². The summed E-state index contributed by atoms with van der Waals surface area (Å²) in [6, 6.07) is 10.1. The smallest absolute Gasteiger partial charge is 0.325 e. The Balaban J connectivity index is 2.03. The summed E-state index contributed by atoms with van der Waals surface area (Å²) in [7, 11) is 3.41. The molecule has 0 saturated heterocycles. The van der Waals surface area contributed by atoms with E-state index in [2.05, 4.69) is 22.1 Å². The molecule has 0 fully saturated rings. The van der Waals surface area contributed by atoms with Gasteiger partial charge in [0.15, 0.2) is 11.2 Å². The molecule has 0 radical (unpaired) electrons. The molecule has 1 aromatic carbocycles. The summed E-state index contributed by atoms with van der Waals surface area (Å²) in [6.45, 7) is 0. The van der Waals surface area contributed by atoms with Crippen molar-refractivity contribution in [2.24, 2.45) is 14.1 Å². The molecule has 2 heterocycles. The van der Waals surface area contributed by atoms with E-state index in [0.717, 1.165) is 12.2 Å². The molecular formula is C15H16N4O2. The van der Waals surface area contributed by atoms with Gasteiger partial charge in [0.1, 0.15) is 5.82 Å². The van der Waals surface area contributed by atoms with Crippen LogP contribution in [0, 0.1) is 0 Å². The predicted octanol–water partition coefficient (Wildman–Crippen LogP) is 0.745. The summed E-state index contributed by atoms with van der Waals surface area (Å²) < 4.78 is 3.12. The van der Waals surface area contributed by atoms with E-state index in [1.54, 1.807) is 18.7 Å². The first-order valence-corrected chi connectivity index (χ1v) is 6.76. The summed E-state index contributed by atoms with van der Waals surface area (Å²) in [5, 5.41) is 0. The van der Waals surface area contributed by atoms with Gasteiger partial charge in [-0.3, -0.25) is 14.3 Å². The van der Waals surface area contributed by atoms with Crippen molar-refractivity contribution in [1.29, 1.82) is 0 Å². The number of benzene rings is 1. The van der Waals surface area contributed by atoms with E-state index >= 15 is 0 Å². The van der Waals surface area contributed by atoms with Crippen molar-refractivity contribution in [3.05, 3.63) is 62.6 Å². The zero-order valence-corrected chi connectivity index (χ0v) is 12.0. The Morgan fingerprint density at radius 2 is 1.76 bits per heavy atom. The van der Waals surface area contributed by atoms with Crippen molar-refractivity contribution in [3.63, 3.8) is 0 Å². The quantitative estimate of drug-likeness (QED) is 0.771. The largest absolute Gasteiger partial charge is 0.329 e. The van der Waals surface area contributed by atoms with E-state index < -0.39 is 11.2 Å². The second-order valence-corrected chi connectivity index (χ2v) is 5.06. The van der Waals surface area contributed by atoms with Gasteiger partial charge in [0.05, 0.1) is 0 Å². The number of nitrogens with one attached hydrogen (secondary N) is 1. The van der Waals surface area contributed by atoms with Crippen LogP contribution in [0.5, 0.6) is 0 Å². The van der Waals surface area contributed by atoms with Gasteiger partial charge in [0.2, 0.25) is 0 Å². The highest BCUT2D eigenvalue weighted by atomic mass is 16.2. The summed E-state index contributed by atoms with van der Waals surface area (Å²) >= 11 is 0. The number of hydrogen-bond donors (Lipinski definition) is 1. The van der Waals surface area contributed by atoms with E-state index in [9.17, 15) is 9.59 Å². The molecule has 1 N–H and O–H groups in total. The Kier molecular flexibility index (Phi) is 3.21. The Bertz CT molecular complexity index is 903. The van der Waals surface area contributed by atoms with Crippen molar-refractivity contribution < 1.29 is 0 Å². The molecule has 0 aliphatic heterocycles. The van der Waals surface area contributed by atoms with Crippen LogP contribution in [0.15, 0.2) is 39.9 Å². The van der Waals surface area contributed by atoms with Crippen LogP contribution < -0.4 is 11.2 Å². The van der Waals surface area contributed by atoms with Gasteiger partial charge in [-0.2, -0.15) is 0 Å². The van der Waals surface area contributed by atoms with Crippen LogP contribution in [0.25, 0.3) is 11.2 Å². The predicted molar refractivity (Wildman–Crippen MR) is 80.4 cm³/mol. The molecule has 0 saturated carbocycles. The zero-order valence-electron chi connectivity index (χ0n) is 12.0. The molecule has 0 aliphatic carbocycles. The Labute approximate surface area is 120 Å². The maximum atomic E-state index is 11.9. The number of H-pyrrole nitrogens is 1. The first kappa shape index (κ1) is 13.4. The molecular weight excluding hydrogens is 268 g/mol. The van der Waals surface area contributed by atoms with Crippen LogP contribution >= 0.6 is 0 Å². The molecule has 0 atom stereocenters. The number of aryl methyl sites for hydroxylation is 4. The van der Waals surface area contributed by atoms with Gasteiger partial charge in [0.25, 0.3) is 5.56 Å². The topological polar surface area (TPSA) is 72.7 Å². The maximum absolute atomic E-state index is 11.9. The molecule has 2 aromatic heterocycles. The van der Waals surface area contributed by atoms with Crippen molar-refractivity contribution in [2.45, 2.75) is 12.8 Å². The lowest BCUT2D eigenvalue weighted by molar-refractivity contribution is 0.784. The van der Waals surface area contributed by atoms with E-state index in [1.807, 2.05) is 18.2 Å². The van der Waals surface area contributed by atoms with Gasteiger partial charge in [0, 0.05) is 20.5 Å². The van der Waals surface area contributed by atoms with Gasteiger partial charge in [-0.1, -0.05) is 30.3 Å². The van der Waals surface area contributed by atoms with E-state index in [1.165, 1.54) is 10.1 Å². The number of aromatic nitrogens is 4. The van der Waals surface area contributed by atoms with Crippen LogP contribution in [0.3, 0.4) is 0 Å². The van der Waals surface area contributed by atoms with Gasteiger partial charge in [-0.05, 0) is 12.0 Å². The third-order valence-electron chi connectivity index (χ3n) is 3.71. The minimum absolute atomic E-state index is 0.394. The third-order valence-corrected chi connectivity index (χ3v) is 3.71. The summed E-state index contributed by atoms with van der Waals surface area (Å²) in [6.07, 6.45) is 1.55. The van der Waals surface area contributed by atoms with Gasteiger partial charge in [-0.15, -0.1) is 0 Å². The number of imidazole rings is 1. The standard InChI is InChI=1S/C15H16N4O2/c1-18-11(9-8-10-6-4-3-5-7-10)16-13-12(18)14(20)17-15(21)19(13)2/h3-7H,8-9H2,1-2H3,(H,17,20,21). The number of aromatic amines is 1. The molecule has 0 bridgehead atoms. The molecule has 0 aliphatic rings. The summed E-state index contributed by atoms with van der Waals surface area (Å²) in [4.78, 5) is 30.3. The molecule has 21 heavy (non-hydrogen) atoms. The van der Waals surface area contributed by atoms with Crippen LogP contribution in [0.4, 0.5) is 0 Å². The molecule has 0 amide bonds. The normalized spacial score (nSPS) is 11.1. The third kappa shape index (κ3) is 2.29. The summed E-state index contributed by atoms with van der Waals surface area (Å²) in [5.41, 5.74) is 1.23. The molecule has 0 unspecified atom stereocenters. The van der Waals surface area contributed by atoms with Gasteiger partial charge < -0.3 is 4.57 Å². The lowest BCUT2D eigenvalue weighted by Gasteiger charge is -2.02. The van der Waals surface area contributed by atoms with Gasteiger partial charge >= 0.3 is 5.69 Å². The highest BCUT2D eigenvalue weighted by molar-refractivity contribution is 5.70. The van der Waals surface area contributed by atoms with E-state index in [4.69, 9.17) is 0 Å². The van der Waals surface area contributed by atoms with Crippen molar-refractivity contribution in [2.75, 3.05) is 0 Å². The van der Waals surface area contributed by atoms with Crippen LogP contribution in [0.1, 0.15) is 11.4 Å². The minimum Gasteiger partial charge on any atom is -0.325 e. The number of hydrogen-bond acceptors (Lipinski definition) is 3.